The number of aromatic nitrogens is 2. The molecule has 0 aliphatic carbocycles. The molecule has 1 aliphatic rings. The molecule has 3 rings (SSSR count). The number of benzene rings is 1. The van der Waals surface area contributed by atoms with E-state index in [4.69, 9.17) is 5.73 Å². The van der Waals surface area contributed by atoms with Crippen LogP contribution >= 0.6 is 0 Å². The molecule has 1 unspecified atom stereocenters. The van der Waals surface area contributed by atoms with Gasteiger partial charge in [0.05, 0.1) is 5.52 Å². The average Bonchev–Trinajstić information content (AvgIpc) is 2.71. The molecule has 1 saturated heterocycles. The molecule has 6 heteroatoms. The topological polar surface area (TPSA) is 84.1 Å². The lowest BCUT2D eigenvalue weighted by Crippen LogP contribution is -2.31. The first-order chi connectivity index (χ1) is 9.15. The number of anilines is 2. The van der Waals surface area contributed by atoms with Crippen molar-refractivity contribution in [1.29, 1.82) is 0 Å². The summed E-state index contributed by atoms with van der Waals surface area (Å²) in [5, 5.41) is 4.07. The molecule has 2 aromatic rings. The van der Waals surface area contributed by atoms with Gasteiger partial charge in [-0.1, -0.05) is 0 Å². The molecule has 1 aromatic carbocycles. The molecular formula is C13H15N5O. The van der Waals surface area contributed by atoms with E-state index in [9.17, 15) is 4.79 Å². The van der Waals surface area contributed by atoms with Crippen LogP contribution < -0.4 is 11.1 Å². The number of carbonyl (C=O) groups is 1. The molecule has 1 atom stereocenters. The van der Waals surface area contributed by atoms with Crippen molar-refractivity contribution in [2.45, 2.75) is 12.5 Å². The normalized spacial score (nSPS) is 19.1. The van der Waals surface area contributed by atoms with Gasteiger partial charge in [-0.25, -0.2) is 9.97 Å². The van der Waals surface area contributed by atoms with E-state index in [0.29, 0.717) is 11.5 Å². The monoisotopic (exact) mass is 257 g/mol. The lowest BCUT2D eigenvalue weighted by Gasteiger charge is -2.14. The van der Waals surface area contributed by atoms with Gasteiger partial charge in [0.2, 0.25) is 5.91 Å². The minimum absolute atomic E-state index is 0.0993. The molecule has 1 fully saturated rings. The number of hydrogen-bond acceptors (Lipinski definition) is 5. The van der Waals surface area contributed by atoms with Gasteiger partial charge in [-0.15, -0.1) is 0 Å². The van der Waals surface area contributed by atoms with Gasteiger partial charge in [-0.3, -0.25) is 4.79 Å². The summed E-state index contributed by atoms with van der Waals surface area (Å²) in [6.45, 7) is 0.770. The first-order valence-corrected chi connectivity index (χ1v) is 6.17. The van der Waals surface area contributed by atoms with Crippen molar-refractivity contribution < 1.29 is 4.79 Å². The second-order valence-electron chi connectivity index (χ2n) is 4.74. The van der Waals surface area contributed by atoms with E-state index in [1.54, 1.807) is 17.0 Å². The van der Waals surface area contributed by atoms with E-state index in [0.717, 1.165) is 23.9 Å². The largest absolute Gasteiger partial charge is 0.399 e. The van der Waals surface area contributed by atoms with E-state index in [-0.39, 0.29) is 11.9 Å². The highest BCUT2D eigenvalue weighted by Crippen LogP contribution is 2.23. The Kier molecular flexibility index (Phi) is 2.70. The zero-order valence-electron chi connectivity index (χ0n) is 10.6. The summed E-state index contributed by atoms with van der Waals surface area (Å²) in [4.78, 5) is 22.0. The molecule has 1 aliphatic heterocycles. The second-order valence-corrected chi connectivity index (χ2v) is 4.74. The van der Waals surface area contributed by atoms with Crippen LogP contribution in [0.1, 0.15) is 6.42 Å². The first-order valence-electron chi connectivity index (χ1n) is 6.17. The fraction of sp³-hybridized carbons (Fsp3) is 0.308. The maximum absolute atomic E-state index is 11.9. The van der Waals surface area contributed by atoms with Gasteiger partial charge in [0, 0.05) is 24.7 Å². The predicted octanol–water partition coefficient (Wildman–Crippen LogP) is 0.855. The van der Waals surface area contributed by atoms with Crippen LogP contribution in [-0.4, -0.2) is 40.4 Å². The van der Waals surface area contributed by atoms with E-state index in [1.807, 2.05) is 13.1 Å². The molecule has 19 heavy (non-hydrogen) atoms. The Morgan fingerprint density at radius 2 is 2.26 bits per heavy atom. The molecule has 0 saturated carbocycles. The Morgan fingerprint density at radius 3 is 3.00 bits per heavy atom. The van der Waals surface area contributed by atoms with Gasteiger partial charge in [-0.05, 0) is 24.6 Å². The van der Waals surface area contributed by atoms with Gasteiger partial charge in [0.25, 0.3) is 0 Å². The molecule has 0 bridgehead atoms. The van der Waals surface area contributed by atoms with Crippen LogP contribution in [0.25, 0.3) is 10.9 Å². The third-order valence-corrected chi connectivity index (χ3v) is 3.40. The highest BCUT2D eigenvalue weighted by molar-refractivity contribution is 5.93. The third kappa shape index (κ3) is 2.05. The van der Waals surface area contributed by atoms with Crippen molar-refractivity contribution in [2.75, 3.05) is 24.6 Å². The highest BCUT2D eigenvalue weighted by atomic mass is 16.2. The lowest BCUT2D eigenvalue weighted by molar-refractivity contribution is -0.127. The van der Waals surface area contributed by atoms with Crippen LogP contribution in [0.5, 0.6) is 0 Å². The Bertz CT molecular complexity index is 642. The SMILES string of the molecule is CN1CCC(Nc2ncnc3cc(N)ccc23)C1=O. The number of fused-ring (bicyclic) bond motifs is 1. The van der Waals surface area contributed by atoms with E-state index in [1.165, 1.54) is 6.33 Å². The number of nitrogen functional groups attached to an aromatic ring is 1. The smallest absolute Gasteiger partial charge is 0.244 e. The molecule has 2 heterocycles. The molecule has 1 amide bonds. The number of likely N-dealkylation sites (N-methyl/N-ethyl adjacent to an activating group) is 1. The number of amides is 1. The number of carbonyl (C=O) groups excluding carboxylic acids is 1. The minimum Gasteiger partial charge on any atom is -0.399 e. The Balaban J connectivity index is 1.95. The Hall–Kier alpha value is -2.37. The maximum atomic E-state index is 11.9. The second kappa shape index (κ2) is 4.38. The van der Waals surface area contributed by atoms with E-state index < -0.39 is 0 Å². The zero-order valence-corrected chi connectivity index (χ0v) is 10.6. The summed E-state index contributed by atoms with van der Waals surface area (Å²) in [6, 6.07) is 5.26. The van der Waals surface area contributed by atoms with Crippen LogP contribution in [0.4, 0.5) is 11.5 Å². The summed E-state index contributed by atoms with van der Waals surface area (Å²) >= 11 is 0. The van der Waals surface area contributed by atoms with Crippen LogP contribution in [0.15, 0.2) is 24.5 Å². The quantitative estimate of drug-likeness (QED) is 0.779. The number of nitrogens with zero attached hydrogens (tertiary/aromatic N) is 3. The van der Waals surface area contributed by atoms with Crippen LogP contribution in [0, 0.1) is 0 Å². The van der Waals surface area contributed by atoms with Crippen molar-refractivity contribution in [3.8, 4) is 0 Å². The van der Waals surface area contributed by atoms with Crippen molar-refractivity contribution >= 4 is 28.3 Å². The maximum Gasteiger partial charge on any atom is 0.244 e. The fourth-order valence-electron chi connectivity index (χ4n) is 2.31. The summed E-state index contributed by atoms with van der Waals surface area (Å²) in [5.74, 6) is 0.779. The highest BCUT2D eigenvalue weighted by Gasteiger charge is 2.29. The zero-order chi connectivity index (χ0) is 13.4. The summed E-state index contributed by atoms with van der Waals surface area (Å²) in [6.07, 6.45) is 2.27. The minimum atomic E-state index is -0.208. The number of hydrogen-bond donors (Lipinski definition) is 2. The number of nitrogens with two attached hydrogens (primary N) is 1. The molecule has 0 spiro atoms. The van der Waals surface area contributed by atoms with Gasteiger partial charge >= 0.3 is 0 Å². The van der Waals surface area contributed by atoms with E-state index >= 15 is 0 Å². The molecular weight excluding hydrogens is 242 g/mol. The number of likely N-dealkylation sites (tertiary alicyclic amines) is 1. The standard InChI is InChI=1S/C13H15N5O/c1-18-5-4-10(13(18)19)17-12-9-3-2-8(14)6-11(9)15-7-16-12/h2-3,6-7,10H,4-5,14H2,1H3,(H,15,16,17). The molecule has 0 radical (unpaired) electrons. The predicted molar refractivity (Wildman–Crippen MR) is 73.6 cm³/mol. The first kappa shape index (κ1) is 11.7. The van der Waals surface area contributed by atoms with Crippen LogP contribution in [0.2, 0.25) is 0 Å². The van der Waals surface area contributed by atoms with Crippen molar-refractivity contribution in [1.82, 2.24) is 14.9 Å². The summed E-state index contributed by atoms with van der Waals surface area (Å²) in [5.41, 5.74) is 7.17. The van der Waals surface area contributed by atoms with Gasteiger partial charge < -0.3 is 16.0 Å². The lowest BCUT2D eigenvalue weighted by atomic mass is 10.2. The van der Waals surface area contributed by atoms with Crippen molar-refractivity contribution in [2.24, 2.45) is 0 Å². The van der Waals surface area contributed by atoms with E-state index in [2.05, 4.69) is 15.3 Å². The molecule has 1 aromatic heterocycles. The third-order valence-electron chi connectivity index (χ3n) is 3.40. The van der Waals surface area contributed by atoms with Crippen LogP contribution in [-0.2, 0) is 4.79 Å². The molecule has 6 nitrogen and oxygen atoms in total. The fourth-order valence-corrected chi connectivity index (χ4v) is 2.31. The van der Waals surface area contributed by atoms with Crippen molar-refractivity contribution in [3.63, 3.8) is 0 Å². The van der Waals surface area contributed by atoms with Gasteiger partial charge in [0.1, 0.15) is 18.2 Å². The summed E-state index contributed by atoms with van der Waals surface area (Å²) < 4.78 is 0. The Morgan fingerprint density at radius 1 is 1.42 bits per heavy atom. The Labute approximate surface area is 110 Å². The van der Waals surface area contributed by atoms with Crippen LogP contribution in [0.3, 0.4) is 0 Å². The number of nitrogens with one attached hydrogen (secondary N) is 1. The molecule has 98 valence electrons. The van der Waals surface area contributed by atoms with Gasteiger partial charge in [0.15, 0.2) is 0 Å². The van der Waals surface area contributed by atoms with Gasteiger partial charge in [-0.2, -0.15) is 0 Å². The van der Waals surface area contributed by atoms with Crippen molar-refractivity contribution in [3.05, 3.63) is 24.5 Å². The number of rotatable bonds is 2. The molecule has 3 N–H and O–H groups in total. The summed E-state index contributed by atoms with van der Waals surface area (Å²) in [7, 11) is 1.81. The average molecular weight is 257 g/mol.